The van der Waals surface area contributed by atoms with E-state index in [0.717, 1.165) is 23.9 Å². The van der Waals surface area contributed by atoms with Gasteiger partial charge >= 0.3 is 0 Å². The molecule has 1 fully saturated rings. The van der Waals surface area contributed by atoms with Gasteiger partial charge in [-0.2, -0.15) is 0 Å². The van der Waals surface area contributed by atoms with E-state index in [1.807, 2.05) is 23.9 Å². The van der Waals surface area contributed by atoms with Crippen molar-refractivity contribution in [3.8, 4) is 11.6 Å². The van der Waals surface area contributed by atoms with Crippen molar-refractivity contribution in [3.63, 3.8) is 0 Å². The lowest BCUT2D eigenvalue weighted by molar-refractivity contribution is 0.162. The lowest BCUT2D eigenvalue weighted by Gasteiger charge is -2.24. The summed E-state index contributed by atoms with van der Waals surface area (Å²) >= 11 is 1.98. The van der Waals surface area contributed by atoms with Crippen molar-refractivity contribution in [1.29, 1.82) is 0 Å². The molecule has 1 unspecified atom stereocenters. The van der Waals surface area contributed by atoms with Crippen LogP contribution in [0.4, 0.5) is 0 Å². The summed E-state index contributed by atoms with van der Waals surface area (Å²) in [4.78, 5) is 6.99. The zero-order valence-corrected chi connectivity index (χ0v) is 10.7. The van der Waals surface area contributed by atoms with Gasteiger partial charge in [-0.25, -0.2) is 4.98 Å². The predicted molar refractivity (Wildman–Crippen MR) is 67.7 cm³/mol. The second-order valence-electron chi connectivity index (χ2n) is 4.26. The number of pyridine rings is 1. The van der Waals surface area contributed by atoms with Crippen molar-refractivity contribution in [3.05, 3.63) is 17.8 Å². The number of ether oxygens (including phenoxy) is 2. The van der Waals surface area contributed by atoms with Crippen LogP contribution in [0.3, 0.4) is 0 Å². The molecule has 0 aliphatic carbocycles. The molecule has 17 heavy (non-hydrogen) atoms. The summed E-state index contributed by atoms with van der Waals surface area (Å²) in [6.45, 7) is 4.55. The third-order valence-corrected chi connectivity index (χ3v) is 4.17. The molecule has 0 aromatic carbocycles. The normalized spacial score (nSPS) is 21.5. The molecule has 0 radical (unpaired) electrons. The molecule has 3 heterocycles. The van der Waals surface area contributed by atoms with Crippen LogP contribution >= 0.6 is 11.8 Å². The summed E-state index contributed by atoms with van der Waals surface area (Å²) < 4.78 is 11.0. The highest BCUT2D eigenvalue weighted by Gasteiger charge is 2.22. The zero-order valence-electron chi connectivity index (χ0n) is 9.89. The van der Waals surface area contributed by atoms with Crippen LogP contribution in [0.15, 0.2) is 12.1 Å². The first-order chi connectivity index (χ1) is 8.34. The van der Waals surface area contributed by atoms with E-state index in [9.17, 15) is 0 Å². The van der Waals surface area contributed by atoms with E-state index < -0.39 is 0 Å². The number of thioether (sulfide) groups is 1. The first kappa shape index (κ1) is 11.2. The number of nitrogens with zero attached hydrogens (tertiary/aromatic N) is 2. The van der Waals surface area contributed by atoms with Crippen LogP contribution in [-0.2, 0) is 0 Å². The largest absolute Gasteiger partial charge is 0.484 e. The summed E-state index contributed by atoms with van der Waals surface area (Å²) in [5, 5.41) is 0. The van der Waals surface area contributed by atoms with Crippen molar-refractivity contribution in [2.45, 2.75) is 13.0 Å². The Balaban J connectivity index is 1.82. The lowest BCUT2D eigenvalue weighted by atomic mass is 10.2. The first-order valence-electron chi connectivity index (χ1n) is 5.93. The van der Waals surface area contributed by atoms with Crippen molar-refractivity contribution in [1.82, 2.24) is 9.88 Å². The molecule has 5 heteroatoms. The zero-order chi connectivity index (χ0) is 11.7. The Bertz CT molecular complexity index is 407. The molecule has 0 amide bonds. The Morgan fingerprint density at radius 2 is 2.24 bits per heavy atom. The SMILES string of the molecule is CC(c1ccc2c(n1)OCCO2)N1CCSC1. The molecule has 1 saturated heterocycles. The highest BCUT2D eigenvalue weighted by molar-refractivity contribution is 7.99. The first-order valence-corrected chi connectivity index (χ1v) is 7.08. The Labute approximate surface area is 105 Å². The molecule has 4 nitrogen and oxygen atoms in total. The highest BCUT2D eigenvalue weighted by Crippen LogP contribution is 2.32. The van der Waals surface area contributed by atoms with E-state index in [2.05, 4.69) is 16.8 Å². The molecular formula is C12H16N2O2S. The van der Waals surface area contributed by atoms with Gasteiger partial charge in [0.25, 0.3) is 5.88 Å². The number of hydrogen-bond acceptors (Lipinski definition) is 5. The molecule has 2 aliphatic heterocycles. The topological polar surface area (TPSA) is 34.6 Å². The second-order valence-corrected chi connectivity index (χ2v) is 5.34. The summed E-state index contributed by atoms with van der Waals surface area (Å²) in [6.07, 6.45) is 0. The standard InChI is InChI=1S/C12H16N2O2S/c1-9(14-4-7-17-8-14)10-2-3-11-12(13-10)16-6-5-15-11/h2-3,9H,4-8H2,1H3. The van der Waals surface area contributed by atoms with Crippen LogP contribution in [0.5, 0.6) is 11.6 Å². The molecule has 1 aromatic rings. The number of fused-ring (bicyclic) bond motifs is 1. The number of aromatic nitrogens is 1. The minimum Gasteiger partial charge on any atom is -0.484 e. The fourth-order valence-electron chi connectivity index (χ4n) is 2.10. The average molecular weight is 252 g/mol. The van der Waals surface area contributed by atoms with Crippen molar-refractivity contribution < 1.29 is 9.47 Å². The smallest absolute Gasteiger partial charge is 0.257 e. The molecule has 2 aliphatic rings. The Morgan fingerprint density at radius 3 is 3.06 bits per heavy atom. The Morgan fingerprint density at radius 1 is 1.35 bits per heavy atom. The van der Waals surface area contributed by atoms with Gasteiger partial charge in [-0.1, -0.05) is 0 Å². The molecular weight excluding hydrogens is 236 g/mol. The van der Waals surface area contributed by atoms with Crippen molar-refractivity contribution in [2.24, 2.45) is 0 Å². The summed E-state index contributed by atoms with van der Waals surface area (Å²) in [5.74, 6) is 3.72. The van der Waals surface area contributed by atoms with E-state index in [4.69, 9.17) is 9.47 Å². The number of hydrogen-bond donors (Lipinski definition) is 0. The molecule has 0 N–H and O–H groups in total. The van der Waals surface area contributed by atoms with E-state index in [0.29, 0.717) is 25.1 Å². The van der Waals surface area contributed by atoms with Gasteiger partial charge in [0.05, 0.1) is 11.7 Å². The van der Waals surface area contributed by atoms with Gasteiger partial charge in [0.2, 0.25) is 0 Å². The van der Waals surface area contributed by atoms with Crippen molar-refractivity contribution >= 4 is 11.8 Å². The monoisotopic (exact) mass is 252 g/mol. The Hall–Kier alpha value is -0.940. The van der Waals surface area contributed by atoms with Gasteiger partial charge in [0, 0.05) is 18.2 Å². The maximum atomic E-state index is 5.52. The predicted octanol–water partition coefficient (Wildman–Crippen LogP) is 1.92. The van der Waals surface area contributed by atoms with Crippen LogP contribution in [0.25, 0.3) is 0 Å². The third kappa shape index (κ3) is 2.21. The molecule has 1 aromatic heterocycles. The molecule has 0 bridgehead atoms. The van der Waals surface area contributed by atoms with Crippen LogP contribution in [-0.4, -0.2) is 41.3 Å². The van der Waals surface area contributed by atoms with Gasteiger partial charge < -0.3 is 9.47 Å². The molecule has 92 valence electrons. The molecule has 0 spiro atoms. The molecule has 1 atom stereocenters. The highest BCUT2D eigenvalue weighted by atomic mass is 32.2. The fraction of sp³-hybridized carbons (Fsp3) is 0.583. The van der Waals surface area contributed by atoms with Crippen LogP contribution < -0.4 is 9.47 Å². The fourth-order valence-corrected chi connectivity index (χ4v) is 3.18. The number of rotatable bonds is 2. The van der Waals surface area contributed by atoms with Gasteiger partial charge in [-0.15, -0.1) is 11.8 Å². The maximum absolute atomic E-state index is 5.52. The van der Waals surface area contributed by atoms with Gasteiger partial charge in [0.1, 0.15) is 13.2 Å². The average Bonchev–Trinajstić information content (AvgIpc) is 2.91. The van der Waals surface area contributed by atoms with E-state index in [1.54, 1.807) is 0 Å². The quantitative estimate of drug-likeness (QED) is 0.803. The maximum Gasteiger partial charge on any atom is 0.257 e. The lowest BCUT2D eigenvalue weighted by Crippen LogP contribution is -2.25. The minimum absolute atomic E-state index is 0.348. The summed E-state index contributed by atoms with van der Waals surface area (Å²) in [6, 6.07) is 4.36. The molecule has 3 rings (SSSR count). The van der Waals surface area contributed by atoms with Gasteiger partial charge in [-0.3, -0.25) is 4.90 Å². The van der Waals surface area contributed by atoms with Crippen LogP contribution in [0, 0.1) is 0 Å². The van der Waals surface area contributed by atoms with E-state index in [-0.39, 0.29) is 0 Å². The van der Waals surface area contributed by atoms with E-state index in [1.165, 1.54) is 5.75 Å². The Kier molecular flexibility index (Phi) is 3.11. The van der Waals surface area contributed by atoms with E-state index >= 15 is 0 Å². The van der Waals surface area contributed by atoms with Crippen LogP contribution in [0.1, 0.15) is 18.7 Å². The second kappa shape index (κ2) is 4.74. The molecule has 0 saturated carbocycles. The van der Waals surface area contributed by atoms with Gasteiger partial charge in [0.15, 0.2) is 5.75 Å². The van der Waals surface area contributed by atoms with Crippen LogP contribution in [0.2, 0.25) is 0 Å². The van der Waals surface area contributed by atoms with Crippen molar-refractivity contribution in [2.75, 3.05) is 31.4 Å². The van der Waals surface area contributed by atoms with Gasteiger partial charge in [-0.05, 0) is 19.1 Å². The third-order valence-electron chi connectivity index (χ3n) is 3.18. The minimum atomic E-state index is 0.348. The summed E-state index contributed by atoms with van der Waals surface area (Å²) in [7, 11) is 0. The summed E-state index contributed by atoms with van der Waals surface area (Å²) in [5.41, 5.74) is 1.07.